The number of ether oxygens (including phenoxy) is 1. The third kappa shape index (κ3) is 6.73. The van der Waals surface area contributed by atoms with Crippen LogP contribution in [0.15, 0.2) is 48.5 Å². The molecule has 4 heterocycles. The lowest BCUT2D eigenvalue weighted by Crippen LogP contribution is -2.46. The number of nitrogens with zero attached hydrogens (tertiary/aromatic N) is 7. The van der Waals surface area contributed by atoms with Crippen molar-refractivity contribution in [2.45, 2.75) is 58.7 Å². The van der Waals surface area contributed by atoms with Crippen molar-refractivity contribution in [3.8, 4) is 11.4 Å². The van der Waals surface area contributed by atoms with Gasteiger partial charge in [-0.3, -0.25) is 0 Å². The van der Waals surface area contributed by atoms with Crippen LogP contribution in [0.3, 0.4) is 0 Å². The minimum absolute atomic E-state index is 0.179. The summed E-state index contributed by atoms with van der Waals surface area (Å²) in [6.07, 6.45) is 2.24. The molecule has 2 aromatic carbocycles. The lowest BCUT2D eigenvalue weighted by molar-refractivity contribution is 0.0981. The molecule has 44 heavy (non-hydrogen) atoms. The average Bonchev–Trinajstić information content (AvgIpc) is 3.39. The van der Waals surface area contributed by atoms with Gasteiger partial charge in [-0.2, -0.15) is 15.0 Å². The molecule has 0 spiro atoms. The number of anilines is 5. The third-order valence-electron chi connectivity index (χ3n) is 9.13. The number of urea groups is 1. The van der Waals surface area contributed by atoms with Gasteiger partial charge in [-0.25, -0.2) is 4.79 Å². The summed E-state index contributed by atoms with van der Waals surface area (Å²) in [4.78, 5) is 37.0. The number of amides is 2. The van der Waals surface area contributed by atoms with E-state index in [0.717, 1.165) is 69.3 Å². The van der Waals surface area contributed by atoms with Crippen LogP contribution >= 0.6 is 0 Å². The second kappa shape index (κ2) is 13.4. The number of morpholine rings is 1. The summed E-state index contributed by atoms with van der Waals surface area (Å²) in [6.45, 7) is 16.2. The maximum absolute atomic E-state index is 12.8. The quantitative estimate of drug-likeness (QED) is 0.392. The van der Waals surface area contributed by atoms with Crippen LogP contribution in [0, 0.1) is 0 Å². The number of nitrogens with one attached hydrogen (secondary N) is 2. The van der Waals surface area contributed by atoms with Crippen molar-refractivity contribution < 1.29 is 9.53 Å². The van der Waals surface area contributed by atoms with Gasteiger partial charge in [-0.1, -0.05) is 6.92 Å². The first kappa shape index (κ1) is 30.1. The van der Waals surface area contributed by atoms with Gasteiger partial charge in [0, 0.05) is 67.4 Å². The molecule has 0 saturated carbocycles. The number of rotatable bonds is 7. The van der Waals surface area contributed by atoms with Crippen molar-refractivity contribution in [3.63, 3.8) is 0 Å². The molecule has 234 valence electrons. The molecule has 3 saturated heterocycles. The summed E-state index contributed by atoms with van der Waals surface area (Å²) in [5.74, 6) is 2.03. The molecule has 3 aliphatic rings. The number of piperazine rings is 1. The van der Waals surface area contributed by atoms with E-state index in [4.69, 9.17) is 19.7 Å². The molecule has 0 aliphatic carbocycles. The van der Waals surface area contributed by atoms with E-state index < -0.39 is 0 Å². The molecule has 3 atom stereocenters. The van der Waals surface area contributed by atoms with Crippen LogP contribution < -0.4 is 25.3 Å². The Morgan fingerprint density at radius 3 is 2.02 bits per heavy atom. The Kier molecular flexibility index (Phi) is 9.13. The number of benzene rings is 2. The fraction of sp³-hybridized carbons (Fsp3) is 0.515. The molecule has 1 aromatic heterocycles. The monoisotopic (exact) mass is 599 g/mol. The van der Waals surface area contributed by atoms with Crippen molar-refractivity contribution in [2.75, 3.05) is 77.8 Å². The second-order valence-corrected chi connectivity index (χ2v) is 12.2. The lowest BCUT2D eigenvalue weighted by Gasteiger charge is -2.35. The number of hydrogen-bond acceptors (Lipinski definition) is 9. The SMILES string of the molecule is CCN1CCN(c2ccc(NC(=O)Nc3ccc(-c4nc(N5CCOCC5C)nc(N5C(C)CCC5C)n4)cc3)cc2)CC1. The fourth-order valence-electron chi connectivity index (χ4n) is 6.41. The zero-order valence-corrected chi connectivity index (χ0v) is 26.4. The largest absolute Gasteiger partial charge is 0.377 e. The van der Waals surface area contributed by atoms with Crippen molar-refractivity contribution >= 4 is 35.0 Å². The van der Waals surface area contributed by atoms with Gasteiger partial charge in [0.05, 0.1) is 19.3 Å². The lowest BCUT2D eigenvalue weighted by atomic mass is 10.2. The van der Waals surface area contributed by atoms with Crippen LogP contribution in [-0.2, 0) is 4.74 Å². The number of carbonyl (C=O) groups is 1. The first-order valence-corrected chi connectivity index (χ1v) is 16.0. The summed E-state index contributed by atoms with van der Waals surface area (Å²) in [7, 11) is 0. The minimum atomic E-state index is -0.287. The average molecular weight is 600 g/mol. The standard InChI is InChI=1S/C33H45N9O2/c1-5-39-16-18-40(19-17-39)29-14-12-28(13-15-29)35-33(43)34-27-10-8-26(9-11-27)30-36-31(41-20-21-44-22-25(41)4)38-32(37-30)42-23(2)6-7-24(42)3/h8-15,23-25H,5-7,16-22H2,1-4H3,(H2,34,35,43). The van der Waals surface area contributed by atoms with Crippen molar-refractivity contribution in [2.24, 2.45) is 0 Å². The number of carbonyl (C=O) groups excluding carboxylic acids is 1. The van der Waals surface area contributed by atoms with Crippen LogP contribution in [0.25, 0.3) is 11.4 Å². The molecule has 2 N–H and O–H groups in total. The van der Waals surface area contributed by atoms with E-state index in [1.807, 2.05) is 36.4 Å². The summed E-state index contributed by atoms with van der Waals surface area (Å²) in [5.41, 5.74) is 3.50. The van der Waals surface area contributed by atoms with Crippen molar-refractivity contribution in [3.05, 3.63) is 48.5 Å². The maximum atomic E-state index is 12.8. The zero-order valence-electron chi connectivity index (χ0n) is 26.4. The fourth-order valence-corrected chi connectivity index (χ4v) is 6.41. The summed E-state index contributed by atoms with van der Waals surface area (Å²) < 4.78 is 5.67. The minimum Gasteiger partial charge on any atom is -0.377 e. The molecule has 3 unspecified atom stereocenters. The zero-order chi connectivity index (χ0) is 30.6. The molecule has 3 aliphatic heterocycles. The van der Waals surface area contributed by atoms with Gasteiger partial charge in [0.1, 0.15) is 0 Å². The van der Waals surface area contributed by atoms with Gasteiger partial charge in [0.25, 0.3) is 0 Å². The Morgan fingerprint density at radius 1 is 0.795 bits per heavy atom. The highest BCUT2D eigenvalue weighted by atomic mass is 16.5. The van der Waals surface area contributed by atoms with E-state index in [1.165, 1.54) is 5.69 Å². The molecule has 11 heteroatoms. The van der Waals surface area contributed by atoms with E-state index in [1.54, 1.807) is 0 Å². The Labute approximate surface area is 260 Å². The number of aromatic nitrogens is 3. The number of hydrogen-bond donors (Lipinski definition) is 2. The molecule has 2 amide bonds. The summed E-state index contributed by atoms with van der Waals surface area (Å²) in [6, 6.07) is 16.4. The van der Waals surface area contributed by atoms with Crippen molar-refractivity contribution in [1.82, 2.24) is 19.9 Å². The normalized spacial score (nSPS) is 22.7. The van der Waals surface area contributed by atoms with E-state index in [9.17, 15) is 4.79 Å². The van der Waals surface area contributed by atoms with Gasteiger partial charge < -0.3 is 35.0 Å². The molecule has 3 aromatic rings. The van der Waals surface area contributed by atoms with E-state index >= 15 is 0 Å². The van der Waals surface area contributed by atoms with Crippen LogP contribution in [0.2, 0.25) is 0 Å². The molecule has 11 nitrogen and oxygen atoms in total. The Bertz CT molecular complexity index is 1400. The Balaban J connectivity index is 1.13. The van der Waals surface area contributed by atoms with Gasteiger partial charge in [0.15, 0.2) is 5.82 Å². The molecule has 0 radical (unpaired) electrons. The smallest absolute Gasteiger partial charge is 0.323 e. The third-order valence-corrected chi connectivity index (χ3v) is 9.13. The second-order valence-electron chi connectivity index (χ2n) is 12.2. The molecule has 0 bridgehead atoms. The highest BCUT2D eigenvalue weighted by Crippen LogP contribution is 2.31. The summed E-state index contributed by atoms with van der Waals surface area (Å²) in [5, 5.41) is 5.89. The van der Waals surface area contributed by atoms with E-state index in [2.05, 4.69) is 70.1 Å². The van der Waals surface area contributed by atoms with Gasteiger partial charge in [-0.05, 0) is 88.7 Å². The maximum Gasteiger partial charge on any atom is 0.323 e. The molecular formula is C33H45N9O2. The van der Waals surface area contributed by atoms with Crippen LogP contribution in [0.5, 0.6) is 0 Å². The topological polar surface area (TPSA) is 102 Å². The Morgan fingerprint density at radius 2 is 1.41 bits per heavy atom. The van der Waals surface area contributed by atoms with Crippen LogP contribution in [0.1, 0.15) is 40.5 Å². The predicted octanol–water partition coefficient (Wildman–Crippen LogP) is 4.93. The first-order valence-electron chi connectivity index (χ1n) is 16.0. The Hall–Kier alpha value is -3.96. The number of likely N-dealkylation sites (N-methyl/N-ethyl adjacent to an activating group) is 1. The predicted molar refractivity (Wildman–Crippen MR) is 177 cm³/mol. The first-order chi connectivity index (χ1) is 21.4. The van der Waals surface area contributed by atoms with Crippen LogP contribution in [-0.4, -0.2) is 96.5 Å². The molecular weight excluding hydrogens is 554 g/mol. The highest BCUT2D eigenvalue weighted by molar-refractivity contribution is 5.99. The van der Waals surface area contributed by atoms with E-state index in [-0.39, 0.29) is 12.1 Å². The van der Waals surface area contributed by atoms with Gasteiger partial charge in [0.2, 0.25) is 11.9 Å². The van der Waals surface area contributed by atoms with Crippen LogP contribution in [0.4, 0.5) is 33.8 Å². The van der Waals surface area contributed by atoms with E-state index in [0.29, 0.717) is 42.8 Å². The highest BCUT2D eigenvalue weighted by Gasteiger charge is 2.31. The van der Waals surface area contributed by atoms with Gasteiger partial charge in [-0.15, -0.1) is 0 Å². The van der Waals surface area contributed by atoms with Crippen molar-refractivity contribution in [1.29, 1.82) is 0 Å². The molecule has 3 fully saturated rings. The van der Waals surface area contributed by atoms with Gasteiger partial charge >= 0.3 is 6.03 Å². The summed E-state index contributed by atoms with van der Waals surface area (Å²) >= 11 is 0. The molecule has 6 rings (SSSR count).